The van der Waals surface area contributed by atoms with E-state index in [1.165, 1.54) is 11.3 Å². The first-order valence-corrected chi connectivity index (χ1v) is 10.4. The SMILES string of the molecule is C[C@H]1CCCCN1C(=O)COC(=O)c1ccccc1-c1nc2ccccc2s1. The van der Waals surface area contributed by atoms with E-state index in [1.54, 1.807) is 12.1 Å². The zero-order valence-corrected chi connectivity index (χ0v) is 16.6. The molecule has 1 aromatic heterocycles. The summed E-state index contributed by atoms with van der Waals surface area (Å²) in [7, 11) is 0. The van der Waals surface area contributed by atoms with Gasteiger partial charge in [0.15, 0.2) is 6.61 Å². The molecule has 3 aromatic rings. The first-order chi connectivity index (χ1) is 13.6. The number of hydrogen-bond donors (Lipinski definition) is 0. The number of benzene rings is 2. The summed E-state index contributed by atoms with van der Waals surface area (Å²) in [4.78, 5) is 31.6. The van der Waals surface area contributed by atoms with E-state index in [-0.39, 0.29) is 18.6 Å². The van der Waals surface area contributed by atoms with Crippen molar-refractivity contribution >= 4 is 33.4 Å². The molecule has 2 aromatic carbocycles. The van der Waals surface area contributed by atoms with Crippen molar-refractivity contribution in [1.82, 2.24) is 9.88 Å². The van der Waals surface area contributed by atoms with Crippen LogP contribution in [-0.4, -0.2) is 41.0 Å². The summed E-state index contributed by atoms with van der Waals surface area (Å²) in [5.74, 6) is -0.620. The van der Waals surface area contributed by atoms with Crippen LogP contribution >= 0.6 is 11.3 Å². The highest BCUT2D eigenvalue weighted by Gasteiger charge is 2.25. The lowest BCUT2D eigenvalue weighted by Crippen LogP contribution is -2.44. The van der Waals surface area contributed by atoms with Crippen molar-refractivity contribution in [2.75, 3.05) is 13.2 Å². The van der Waals surface area contributed by atoms with Gasteiger partial charge < -0.3 is 9.64 Å². The summed E-state index contributed by atoms with van der Waals surface area (Å²) >= 11 is 1.54. The molecule has 0 saturated carbocycles. The number of rotatable bonds is 4. The van der Waals surface area contributed by atoms with E-state index < -0.39 is 5.97 Å². The third kappa shape index (κ3) is 3.78. The fourth-order valence-corrected chi connectivity index (χ4v) is 4.60. The van der Waals surface area contributed by atoms with Crippen LogP contribution in [0.4, 0.5) is 0 Å². The molecular formula is C22H22N2O3S. The van der Waals surface area contributed by atoms with E-state index in [0.717, 1.165) is 46.6 Å². The molecule has 28 heavy (non-hydrogen) atoms. The smallest absolute Gasteiger partial charge is 0.339 e. The Balaban J connectivity index is 1.51. The Hall–Kier alpha value is -2.73. The highest BCUT2D eigenvalue weighted by molar-refractivity contribution is 7.21. The van der Waals surface area contributed by atoms with Crippen LogP contribution in [0.1, 0.15) is 36.5 Å². The molecule has 144 valence electrons. The number of likely N-dealkylation sites (tertiary alicyclic amines) is 1. The molecule has 1 aliphatic rings. The molecule has 0 unspecified atom stereocenters. The number of aromatic nitrogens is 1. The zero-order valence-electron chi connectivity index (χ0n) is 15.8. The van der Waals surface area contributed by atoms with Gasteiger partial charge in [0, 0.05) is 18.2 Å². The number of nitrogens with zero attached hydrogens (tertiary/aromatic N) is 2. The molecule has 1 atom stereocenters. The molecule has 0 bridgehead atoms. The third-order valence-corrected chi connectivity index (χ3v) is 6.19. The van der Waals surface area contributed by atoms with Gasteiger partial charge in [-0.3, -0.25) is 4.79 Å². The number of ether oxygens (including phenoxy) is 1. The second-order valence-electron chi connectivity index (χ2n) is 7.04. The van der Waals surface area contributed by atoms with Crippen molar-refractivity contribution in [3.63, 3.8) is 0 Å². The van der Waals surface area contributed by atoms with E-state index in [1.807, 2.05) is 48.2 Å². The first kappa shape index (κ1) is 18.6. The van der Waals surface area contributed by atoms with Gasteiger partial charge >= 0.3 is 5.97 Å². The molecule has 5 nitrogen and oxygen atoms in total. The van der Waals surface area contributed by atoms with E-state index in [0.29, 0.717) is 5.56 Å². The standard InChI is InChI=1S/C22H22N2O3S/c1-15-8-6-7-13-24(15)20(25)14-27-22(26)17-10-3-2-9-16(17)21-23-18-11-4-5-12-19(18)28-21/h2-5,9-12,15H,6-8,13-14H2,1H3/t15-/m0/s1. The maximum Gasteiger partial charge on any atom is 0.339 e. The van der Waals surface area contributed by atoms with Crippen LogP contribution in [0.3, 0.4) is 0 Å². The third-order valence-electron chi connectivity index (χ3n) is 5.12. The summed E-state index contributed by atoms with van der Waals surface area (Å²) < 4.78 is 6.44. The number of carbonyl (C=O) groups excluding carboxylic acids is 2. The fourth-order valence-electron chi connectivity index (χ4n) is 3.59. The monoisotopic (exact) mass is 394 g/mol. The lowest BCUT2D eigenvalue weighted by Gasteiger charge is -2.33. The number of piperidine rings is 1. The van der Waals surface area contributed by atoms with Crippen molar-refractivity contribution in [3.05, 3.63) is 54.1 Å². The molecule has 1 saturated heterocycles. The highest BCUT2D eigenvalue weighted by atomic mass is 32.1. The zero-order chi connectivity index (χ0) is 19.5. The second-order valence-corrected chi connectivity index (χ2v) is 8.07. The molecule has 0 spiro atoms. The molecule has 0 radical (unpaired) electrons. The summed E-state index contributed by atoms with van der Waals surface area (Å²) in [6.45, 7) is 2.55. The van der Waals surface area contributed by atoms with Crippen LogP contribution < -0.4 is 0 Å². The van der Waals surface area contributed by atoms with Crippen LogP contribution in [-0.2, 0) is 9.53 Å². The minimum absolute atomic E-state index is 0.127. The summed E-state index contributed by atoms with van der Waals surface area (Å²) in [6.07, 6.45) is 3.14. The number of thiazole rings is 1. The molecule has 1 fully saturated rings. The Morgan fingerprint density at radius 2 is 1.93 bits per heavy atom. The molecule has 2 heterocycles. The van der Waals surface area contributed by atoms with Crippen molar-refractivity contribution in [3.8, 4) is 10.6 Å². The van der Waals surface area contributed by atoms with E-state index in [4.69, 9.17) is 4.74 Å². The van der Waals surface area contributed by atoms with Gasteiger partial charge in [-0.25, -0.2) is 9.78 Å². The van der Waals surface area contributed by atoms with Crippen LogP contribution in [0.5, 0.6) is 0 Å². The summed E-state index contributed by atoms with van der Waals surface area (Å²) in [5.41, 5.74) is 2.06. The van der Waals surface area contributed by atoms with Gasteiger partial charge in [0.2, 0.25) is 0 Å². The predicted molar refractivity (Wildman–Crippen MR) is 110 cm³/mol. The van der Waals surface area contributed by atoms with Gasteiger partial charge in [0.1, 0.15) is 5.01 Å². The minimum Gasteiger partial charge on any atom is -0.452 e. The number of para-hydroxylation sites is 1. The van der Waals surface area contributed by atoms with Crippen molar-refractivity contribution < 1.29 is 14.3 Å². The molecule has 6 heteroatoms. The number of carbonyl (C=O) groups is 2. The lowest BCUT2D eigenvalue weighted by atomic mass is 10.0. The molecule has 0 aliphatic carbocycles. The lowest BCUT2D eigenvalue weighted by molar-refractivity contribution is -0.137. The minimum atomic E-state index is -0.493. The van der Waals surface area contributed by atoms with Crippen molar-refractivity contribution in [2.45, 2.75) is 32.2 Å². The van der Waals surface area contributed by atoms with E-state index in [2.05, 4.69) is 4.98 Å². The maximum absolute atomic E-state index is 12.7. The molecule has 1 aliphatic heterocycles. The number of hydrogen-bond acceptors (Lipinski definition) is 5. The van der Waals surface area contributed by atoms with Crippen LogP contribution in [0.2, 0.25) is 0 Å². The van der Waals surface area contributed by atoms with Crippen molar-refractivity contribution in [1.29, 1.82) is 0 Å². The van der Waals surface area contributed by atoms with Crippen LogP contribution in [0.15, 0.2) is 48.5 Å². The molecule has 0 N–H and O–H groups in total. The van der Waals surface area contributed by atoms with Gasteiger partial charge in [-0.1, -0.05) is 30.3 Å². The highest BCUT2D eigenvalue weighted by Crippen LogP contribution is 2.32. The second kappa shape index (κ2) is 8.10. The molecule has 1 amide bonds. The van der Waals surface area contributed by atoms with Gasteiger partial charge in [-0.15, -0.1) is 11.3 Å². The largest absolute Gasteiger partial charge is 0.452 e. The first-order valence-electron chi connectivity index (χ1n) is 9.55. The number of amides is 1. The van der Waals surface area contributed by atoms with Crippen LogP contribution in [0, 0.1) is 0 Å². The quantitative estimate of drug-likeness (QED) is 0.611. The van der Waals surface area contributed by atoms with Gasteiger partial charge in [0.25, 0.3) is 5.91 Å². The van der Waals surface area contributed by atoms with E-state index in [9.17, 15) is 9.59 Å². The van der Waals surface area contributed by atoms with Gasteiger partial charge in [0.05, 0.1) is 15.8 Å². The average molecular weight is 394 g/mol. The predicted octanol–water partition coefficient (Wildman–Crippen LogP) is 4.52. The normalized spacial score (nSPS) is 16.9. The van der Waals surface area contributed by atoms with E-state index >= 15 is 0 Å². The molecular weight excluding hydrogens is 372 g/mol. The van der Waals surface area contributed by atoms with Gasteiger partial charge in [-0.2, -0.15) is 0 Å². The number of fused-ring (bicyclic) bond motifs is 1. The summed E-state index contributed by atoms with van der Waals surface area (Å²) in [5, 5.41) is 0.768. The average Bonchev–Trinajstić information content (AvgIpc) is 3.16. The Kier molecular flexibility index (Phi) is 5.39. The van der Waals surface area contributed by atoms with Gasteiger partial charge in [-0.05, 0) is 44.4 Å². The maximum atomic E-state index is 12.7. The fraction of sp³-hybridized carbons (Fsp3) is 0.318. The Labute approximate surface area is 168 Å². The Morgan fingerprint density at radius 3 is 2.75 bits per heavy atom. The summed E-state index contributed by atoms with van der Waals surface area (Å²) in [6, 6.07) is 15.3. The molecule has 4 rings (SSSR count). The van der Waals surface area contributed by atoms with Crippen LogP contribution in [0.25, 0.3) is 20.8 Å². The Bertz CT molecular complexity index is 981. The Morgan fingerprint density at radius 1 is 1.14 bits per heavy atom. The topological polar surface area (TPSA) is 59.5 Å². The number of esters is 1. The van der Waals surface area contributed by atoms with Crippen molar-refractivity contribution in [2.24, 2.45) is 0 Å².